The van der Waals surface area contributed by atoms with Gasteiger partial charge in [-0.25, -0.2) is 4.79 Å². The summed E-state index contributed by atoms with van der Waals surface area (Å²) in [5.41, 5.74) is 2.69. The molecule has 0 bridgehead atoms. The Morgan fingerprint density at radius 1 is 0.903 bits per heavy atom. The van der Waals surface area contributed by atoms with E-state index in [1.807, 2.05) is 0 Å². The third kappa shape index (κ3) is 13.6. The van der Waals surface area contributed by atoms with Gasteiger partial charge >= 0.3 is 5.97 Å². The van der Waals surface area contributed by atoms with Gasteiger partial charge in [0.25, 0.3) is 0 Å². The fourth-order valence-electron chi connectivity index (χ4n) is 3.85. The summed E-state index contributed by atoms with van der Waals surface area (Å²) < 4.78 is 6.34. The number of hydrogen-bond donors (Lipinski definition) is 0. The molecule has 0 heterocycles. The SMILES string of the molecule is CCCCCCCCCCOC(=O)C[N+](CC)(CC)C/C=C(\C)Cc1ccccc1.[Cl-]. The molecular formula is C27H46ClNO2. The maximum atomic E-state index is 12.5. The Morgan fingerprint density at radius 2 is 1.48 bits per heavy atom. The van der Waals surface area contributed by atoms with Gasteiger partial charge < -0.3 is 21.6 Å². The van der Waals surface area contributed by atoms with Crippen molar-refractivity contribution in [3.8, 4) is 0 Å². The van der Waals surface area contributed by atoms with Crippen LogP contribution in [-0.2, 0) is 16.0 Å². The highest BCUT2D eigenvalue weighted by Crippen LogP contribution is 2.13. The van der Waals surface area contributed by atoms with E-state index in [1.54, 1.807) is 0 Å². The van der Waals surface area contributed by atoms with Gasteiger partial charge in [0, 0.05) is 0 Å². The summed E-state index contributed by atoms with van der Waals surface area (Å²) in [5, 5.41) is 0. The molecule has 0 atom stereocenters. The van der Waals surface area contributed by atoms with E-state index in [1.165, 1.54) is 56.1 Å². The van der Waals surface area contributed by atoms with Gasteiger partial charge in [-0.05, 0) is 45.3 Å². The number of likely N-dealkylation sites (N-methyl/N-ethyl adjacent to an activating group) is 1. The molecule has 0 aliphatic rings. The number of carbonyl (C=O) groups is 1. The topological polar surface area (TPSA) is 26.3 Å². The number of nitrogens with zero attached hydrogens (tertiary/aromatic N) is 1. The van der Waals surface area contributed by atoms with Gasteiger partial charge in [-0.2, -0.15) is 0 Å². The van der Waals surface area contributed by atoms with Crippen molar-refractivity contribution in [2.45, 2.75) is 85.5 Å². The van der Waals surface area contributed by atoms with E-state index in [0.717, 1.165) is 37.0 Å². The van der Waals surface area contributed by atoms with Crippen LogP contribution in [0.2, 0.25) is 0 Å². The molecule has 1 aromatic rings. The quantitative estimate of drug-likeness (QED) is 0.156. The normalized spacial score (nSPS) is 11.8. The van der Waals surface area contributed by atoms with Crippen LogP contribution in [0.3, 0.4) is 0 Å². The maximum Gasteiger partial charge on any atom is 0.361 e. The molecule has 0 saturated heterocycles. The number of rotatable bonds is 17. The van der Waals surface area contributed by atoms with E-state index in [-0.39, 0.29) is 18.4 Å². The molecule has 0 saturated carbocycles. The molecule has 0 aliphatic carbocycles. The first-order valence-electron chi connectivity index (χ1n) is 12.3. The lowest BCUT2D eigenvalue weighted by molar-refractivity contribution is -0.912. The highest BCUT2D eigenvalue weighted by atomic mass is 35.5. The molecule has 0 aromatic heterocycles. The lowest BCUT2D eigenvalue weighted by Crippen LogP contribution is -3.00. The number of esters is 1. The summed E-state index contributed by atoms with van der Waals surface area (Å²) in [6.45, 7) is 12.6. The van der Waals surface area contributed by atoms with Crippen LogP contribution >= 0.6 is 0 Å². The van der Waals surface area contributed by atoms with Crippen molar-refractivity contribution < 1.29 is 26.4 Å². The highest BCUT2D eigenvalue weighted by molar-refractivity contribution is 5.70. The summed E-state index contributed by atoms with van der Waals surface area (Å²) >= 11 is 0. The molecule has 0 N–H and O–H groups in total. The van der Waals surface area contributed by atoms with Crippen LogP contribution < -0.4 is 12.4 Å². The van der Waals surface area contributed by atoms with Crippen molar-refractivity contribution in [2.75, 3.05) is 32.8 Å². The Bertz CT molecular complexity index is 597. The second-order valence-electron chi connectivity index (χ2n) is 8.72. The average molecular weight is 452 g/mol. The predicted molar refractivity (Wildman–Crippen MR) is 129 cm³/mol. The van der Waals surface area contributed by atoms with Crippen LogP contribution in [-0.4, -0.2) is 43.2 Å². The second-order valence-corrected chi connectivity index (χ2v) is 8.72. The highest BCUT2D eigenvalue weighted by Gasteiger charge is 2.26. The van der Waals surface area contributed by atoms with E-state index in [2.05, 4.69) is 64.1 Å². The summed E-state index contributed by atoms with van der Waals surface area (Å²) in [7, 11) is 0. The molecule has 0 aliphatic heterocycles. The van der Waals surface area contributed by atoms with Gasteiger partial charge in [0.1, 0.15) is 0 Å². The first kappa shape index (κ1) is 29.7. The smallest absolute Gasteiger partial charge is 0.361 e. The summed E-state index contributed by atoms with van der Waals surface area (Å²) in [4.78, 5) is 12.5. The standard InChI is InChI=1S/C27H46NO2.ClH/c1-5-8-9-10-11-12-13-17-22-30-27(29)24-28(6-2,7-3)21-20-25(4)23-26-18-15-14-16-19-26;/h14-16,18-20H,5-13,17,21-24H2,1-4H3;1H/q+1;/p-1/b25-20+;. The molecule has 1 rings (SSSR count). The van der Waals surface area contributed by atoms with Gasteiger partial charge in [-0.15, -0.1) is 0 Å². The third-order valence-corrected chi connectivity index (χ3v) is 6.22. The largest absolute Gasteiger partial charge is 1.00 e. The Balaban J connectivity index is 0.00000900. The molecule has 0 spiro atoms. The van der Waals surface area contributed by atoms with Crippen molar-refractivity contribution >= 4 is 5.97 Å². The van der Waals surface area contributed by atoms with Crippen molar-refractivity contribution in [1.29, 1.82) is 0 Å². The van der Waals surface area contributed by atoms with Gasteiger partial charge in [-0.3, -0.25) is 0 Å². The number of allylic oxidation sites excluding steroid dienone is 1. The zero-order valence-electron chi connectivity index (χ0n) is 20.5. The van der Waals surface area contributed by atoms with Crippen LogP contribution in [0.1, 0.15) is 84.6 Å². The van der Waals surface area contributed by atoms with Gasteiger partial charge in [-0.1, -0.05) is 87.8 Å². The molecule has 1 aromatic carbocycles. The van der Waals surface area contributed by atoms with E-state index in [9.17, 15) is 4.79 Å². The predicted octanol–water partition coefficient (Wildman–Crippen LogP) is 3.72. The average Bonchev–Trinajstić information content (AvgIpc) is 2.76. The zero-order valence-corrected chi connectivity index (χ0v) is 21.3. The van der Waals surface area contributed by atoms with E-state index in [4.69, 9.17) is 4.74 Å². The summed E-state index contributed by atoms with van der Waals surface area (Å²) in [6, 6.07) is 10.6. The lowest BCUT2D eigenvalue weighted by atomic mass is 10.1. The monoisotopic (exact) mass is 451 g/mol. The molecule has 0 amide bonds. The second kappa shape index (κ2) is 18.3. The van der Waals surface area contributed by atoms with E-state index in [0.29, 0.717) is 13.2 Å². The fourth-order valence-corrected chi connectivity index (χ4v) is 3.85. The van der Waals surface area contributed by atoms with Crippen molar-refractivity contribution in [3.63, 3.8) is 0 Å². The molecule has 31 heavy (non-hydrogen) atoms. The molecule has 0 fully saturated rings. The number of quaternary nitrogens is 1. The third-order valence-electron chi connectivity index (χ3n) is 6.22. The van der Waals surface area contributed by atoms with E-state index < -0.39 is 0 Å². The molecule has 0 radical (unpaired) electrons. The van der Waals surface area contributed by atoms with Gasteiger partial charge in [0.2, 0.25) is 0 Å². The summed E-state index contributed by atoms with van der Waals surface area (Å²) in [6.07, 6.45) is 13.4. The minimum absolute atomic E-state index is 0. The van der Waals surface area contributed by atoms with Crippen LogP contribution in [0.15, 0.2) is 42.0 Å². The van der Waals surface area contributed by atoms with Crippen molar-refractivity contribution in [2.24, 2.45) is 0 Å². The first-order valence-corrected chi connectivity index (χ1v) is 12.3. The zero-order chi connectivity index (χ0) is 22.1. The van der Waals surface area contributed by atoms with Crippen LogP contribution in [0.4, 0.5) is 0 Å². The Hall–Kier alpha value is -1.32. The van der Waals surface area contributed by atoms with E-state index >= 15 is 0 Å². The Kier molecular flexibility index (Phi) is 17.5. The minimum atomic E-state index is -0.0456. The Labute approximate surface area is 198 Å². The van der Waals surface area contributed by atoms with Crippen LogP contribution in [0.25, 0.3) is 0 Å². The van der Waals surface area contributed by atoms with Crippen molar-refractivity contribution in [3.05, 3.63) is 47.5 Å². The number of carbonyl (C=O) groups excluding carboxylic acids is 1. The van der Waals surface area contributed by atoms with Gasteiger partial charge in [0.15, 0.2) is 6.54 Å². The van der Waals surface area contributed by atoms with Gasteiger partial charge in [0.05, 0.1) is 26.2 Å². The first-order chi connectivity index (χ1) is 14.5. The number of benzene rings is 1. The van der Waals surface area contributed by atoms with Crippen LogP contribution in [0, 0.1) is 0 Å². The molecule has 0 unspecified atom stereocenters. The van der Waals surface area contributed by atoms with Crippen molar-refractivity contribution in [1.82, 2.24) is 0 Å². The van der Waals surface area contributed by atoms with Crippen LogP contribution in [0.5, 0.6) is 0 Å². The number of ether oxygens (including phenoxy) is 1. The molecular weight excluding hydrogens is 406 g/mol. The molecule has 4 heteroatoms. The number of unbranched alkanes of at least 4 members (excludes halogenated alkanes) is 7. The molecule has 178 valence electrons. The minimum Gasteiger partial charge on any atom is -1.00 e. The molecule has 3 nitrogen and oxygen atoms in total. The maximum absolute atomic E-state index is 12.5. The lowest BCUT2D eigenvalue weighted by Gasteiger charge is -2.35. The fraction of sp³-hybridized carbons (Fsp3) is 0.667. The number of halogens is 1. The number of hydrogen-bond acceptors (Lipinski definition) is 2. The Morgan fingerprint density at radius 3 is 2.06 bits per heavy atom. The summed E-state index contributed by atoms with van der Waals surface area (Å²) in [5.74, 6) is -0.0456.